The monoisotopic (exact) mass is 473 g/mol. The zero-order valence-electron chi connectivity index (χ0n) is 19.9. The van der Waals surface area contributed by atoms with E-state index in [2.05, 4.69) is 54.9 Å². The van der Waals surface area contributed by atoms with Gasteiger partial charge in [-0.1, -0.05) is 27.7 Å². The summed E-state index contributed by atoms with van der Waals surface area (Å²) in [7, 11) is 0. The van der Waals surface area contributed by atoms with Crippen molar-refractivity contribution in [1.82, 2.24) is 14.8 Å². The molecule has 2 aliphatic rings. The van der Waals surface area contributed by atoms with Crippen LogP contribution in [0, 0.1) is 5.92 Å². The lowest BCUT2D eigenvalue weighted by atomic mass is 9.98. The van der Waals surface area contributed by atoms with Gasteiger partial charge in [-0.2, -0.15) is 0 Å². The molecule has 174 valence electrons. The molecule has 1 amide bonds. The van der Waals surface area contributed by atoms with Crippen molar-refractivity contribution in [3.63, 3.8) is 0 Å². The van der Waals surface area contributed by atoms with Crippen LogP contribution in [0.4, 0.5) is 11.4 Å². The number of carbonyl (C=O) groups excluding carboxylic acids is 1. The average molecular weight is 474 g/mol. The first-order chi connectivity index (χ1) is 15.1. The Kier molecular flexibility index (Phi) is 6.63. The molecule has 0 aliphatic carbocycles. The molecule has 1 aromatic carbocycles. The predicted octanol–water partition coefficient (Wildman–Crippen LogP) is 4.69. The molecular weight excluding hydrogens is 438 g/mol. The molecule has 6 nitrogen and oxygen atoms in total. The Hall–Kier alpha value is -1.93. The molecule has 1 aromatic heterocycles. The largest absolute Gasteiger partial charge is 0.370 e. The van der Waals surface area contributed by atoms with Crippen LogP contribution in [0.5, 0.6) is 0 Å². The Morgan fingerprint density at radius 3 is 2.31 bits per heavy atom. The molecule has 0 spiro atoms. The van der Waals surface area contributed by atoms with Gasteiger partial charge in [-0.15, -0.1) is 11.3 Å². The first-order valence-corrected chi connectivity index (χ1v) is 12.9. The third-order valence-corrected chi connectivity index (χ3v) is 8.33. The van der Waals surface area contributed by atoms with E-state index in [4.69, 9.17) is 17.2 Å². The van der Waals surface area contributed by atoms with Gasteiger partial charge in [0.15, 0.2) is 5.11 Å². The number of thiocarbonyl (C=S) groups is 1. The number of fused-ring (bicyclic) bond motifs is 1. The quantitative estimate of drug-likeness (QED) is 0.639. The molecule has 2 aliphatic heterocycles. The zero-order chi connectivity index (χ0) is 23.0. The molecule has 0 radical (unpaired) electrons. The van der Waals surface area contributed by atoms with Crippen LogP contribution in [-0.2, 0) is 10.2 Å². The molecular formula is C24H35N5OS2. The lowest BCUT2D eigenvalue weighted by Gasteiger charge is -2.37. The highest BCUT2D eigenvalue weighted by molar-refractivity contribution is 7.80. The number of nitrogens with zero attached hydrogens (tertiary/aromatic N) is 4. The molecule has 2 aromatic rings. The Morgan fingerprint density at radius 2 is 1.72 bits per heavy atom. The number of aromatic nitrogens is 1. The average Bonchev–Trinajstić information content (AvgIpc) is 3.17. The summed E-state index contributed by atoms with van der Waals surface area (Å²) in [6, 6.07) is 4.48. The minimum Gasteiger partial charge on any atom is -0.370 e. The number of piperazine rings is 1. The van der Waals surface area contributed by atoms with Crippen molar-refractivity contribution in [3.8, 4) is 0 Å². The predicted molar refractivity (Wildman–Crippen MR) is 139 cm³/mol. The van der Waals surface area contributed by atoms with Crippen LogP contribution >= 0.6 is 23.6 Å². The summed E-state index contributed by atoms with van der Waals surface area (Å²) in [6.07, 6.45) is 2.42. The standard InChI is InChI=1S/C24H35N5OS2/c1-16-6-8-28(9-7-16)20-14-19-21(32-22(25-19)24(3,4)5)15-18(20)26-23(31)29-12-10-27(11-13-29)17(2)30/h14-16H,6-13H2,1-5H3,(H,26,31). The van der Waals surface area contributed by atoms with Crippen molar-refractivity contribution < 1.29 is 4.79 Å². The number of hydrogen-bond acceptors (Lipinski definition) is 5. The van der Waals surface area contributed by atoms with E-state index in [0.717, 1.165) is 66.5 Å². The van der Waals surface area contributed by atoms with Crippen LogP contribution in [0.25, 0.3) is 10.2 Å². The van der Waals surface area contributed by atoms with Gasteiger partial charge in [-0.05, 0) is 43.1 Å². The molecule has 32 heavy (non-hydrogen) atoms. The summed E-state index contributed by atoms with van der Waals surface area (Å²) in [6.45, 7) is 15.7. The third-order valence-electron chi connectivity index (χ3n) is 6.53. The summed E-state index contributed by atoms with van der Waals surface area (Å²) in [4.78, 5) is 23.2. The van der Waals surface area contributed by atoms with Gasteiger partial charge in [0.1, 0.15) is 0 Å². The molecule has 8 heteroatoms. The van der Waals surface area contributed by atoms with Gasteiger partial charge in [0.25, 0.3) is 0 Å². The van der Waals surface area contributed by atoms with Gasteiger partial charge in [-0.25, -0.2) is 4.98 Å². The molecule has 0 atom stereocenters. The fraction of sp³-hybridized carbons (Fsp3) is 0.625. The fourth-order valence-electron chi connectivity index (χ4n) is 4.31. The van der Waals surface area contributed by atoms with Crippen molar-refractivity contribution in [1.29, 1.82) is 0 Å². The van der Waals surface area contributed by atoms with Crippen molar-refractivity contribution in [2.75, 3.05) is 49.5 Å². The van der Waals surface area contributed by atoms with Gasteiger partial charge in [0.2, 0.25) is 5.91 Å². The SMILES string of the molecule is CC(=O)N1CCN(C(=S)Nc2cc3sc(C(C)(C)C)nc3cc2N2CCC(C)CC2)CC1. The first-order valence-electron chi connectivity index (χ1n) is 11.6. The second kappa shape index (κ2) is 9.14. The normalized spacial score (nSPS) is 18.3. The zero-order valence-corrected chi connectivity index (χ0v) is 21.5. The number of carbonyl (C=O) groups is 1. The van der Waals surface area contributed by atoms with Crippen molar-refractivity contribution >= 4 is 56.2 Å². The first kappa shape index (κ1) is 23.2. The summed E-state index contributed by atoms with van der Waals surface area (Å²) in [5, 5.41) is 5.46. The van der Waals surface area contributed by atoms with Gasteiger partial charge in [-0.3, -0.25) is 4.79 Å². The van der Waals surface area contributed by atoms with Gasteiger partial charge in [0.05, 0.1) is 26.6 Å². The highest BCUT2D eigenvalue weighted by Gasteiger charge is 2.25. The summed E-state index contributed by atoms with van der Waals surface area (Å²) in [5.41, 5.74) is 3.36. The summed E-state index contributed by atoms with van der Waals surface area (Å²) < 4.78 is 1.19. The van der Waals surface area contributed by atoms with Crippen LogP contribution < -0.4 is 10.2 Å². The van der Waals surface area contributed by atoms with E-state index < -0.39 is 0 Å². The Balaban J connectivity index is 1.61. The molecule has 3 heterocycles. The molecule has 1 N–H and O–H groups in total. The fourth-order valence-corrected chi connectivity index (χ4v) is 5.65. The minimum absolute atomic E-state index is 0.0314. The van der Waals surface area contributed by atoms with E-state index in [0.29, 0.717) is 0 Å². The van der Waals surface area contributed by atoms with Gasteiger partial charge in [0, 0.05) is 51.6 Å². The Labute approximate surface area is 201 Å². The molecule has 0 bridgehead atoms. The van der Waals surface area contributed by atoms with Crippen molar-refractivity contribution in [3.05, 3.63) is 17.1 Å². The van der Waals surface area contributed by atoms with E-state index in [-0.39, 0.29) is 11.3 Å². The number of nitrogens with one attached hydrogen (secondary N) is 1. The molecule has 2 fully saturated rings. The number of rotatable bonds is 2. The van der Waals surface area contributed by atoms with Gasteiger partial charge >= 0.3 is 0 Å². The summed E-state index contributed by atoms with van der Waals surface area (Å²) in [5.74, 6) is 0.909. The number of thiazole rings is 1. The lowest BCUT2D eigenvalue weighted by Crippen LogP contribution is -2.51. The Morgan fingerprint density at radius 1 is 1.09 bits per heavy atom. The van der Waals surface area contributed by atoms with Crippen LogP contribution in [0.2, 0.25) is 0 Å². The Bertz CT molecular complexity index is 996. The number of benzene rings is 1. The maximum absolute atomic E-state index is 11.7. The van der Waals surface area contributed by atoms with Crippen molar-refractivity contribution in [2.24, 2.45) is 5.92 Å². The van der Waals surface area contributed by atoms with Gasteiger partial charge < -0.3 is 20.0 Å². The van der Waals surface area contributed by atoms with Crippen LogP contribution in [0.15, 0.2) is 12.1 Å². The summed E-state index contributed by atoms with van der Waals surface area (Å²) >= 11 is 7.58. The smallest absolute Gasteiger partial charge is 0.219 e. The van der Waals surface area contributed by atoms with E-state index in [1.807, 2.05) is 4.90 Å². The molecule has 0 saturated carbocycles. The topological polar surface area (TPSA) is 51.7 Å². The number of hydrogen-bond donors (Lipinski definition) is 1. The minimum atomic E-state index is 0.0314. The highest BCUT2D eigenvalue weighted by Crippen LogP contribution is 2.38. The molecule has 0 unspecified atom stereocenters. The van der Waals surface area contributed by atoms with Crippen LogP contribution in [0.3, 0.4) is 0 Å². The third kappa shape index (κ3) is 5.01. The maximum atomic E-state index is 11.7. The maximum Gasteiger partial charge on any atom is 0.219 e. The second-order valence-corrected chi connectivity index (χ2v) is 11.6. The number of anilines is 2. The second-order valence-electron chi connectivity index (χ2n) is 10.2. The molecule has 2 saturated heterocycles. The van der Waals surface area contributed by atoms with Crippen LogP contribution in [0.1, 0.15) is 52.5 Å². The highest BCUT2D eigenvalue weighted by atomic mass is 32.1. The van der Waals surface area contributed by atoms with E-state index in [9.17, 15) is 4.79 Å². The number of amides is 1. The lowest BCUT2D eigenvalue weighted by molar-refractivity contribution is -0.130. The number of piperidine rings is 1. The van der Waals surface area contributed by atoms with E-state index >= 15 is 0 Å². The van der Waals surface area contributed by atoms with Crippen LogP contribution in [-0.4, -0.2) is 65.1 Å². The molecule has 4 rings (SSSR count). The van der Waals surface area contributed by atoms with Crippen molar-refractivity contribution in [2.45, 2.75) is 52.9 Å². The van der Waals surface area contributed by atoms with E-state index in [1.54, 1.807) is 18.3 Å². The van der Waals surface area contributed by atoms with E-state index in [1.165, 1.54) is 23.2 Å².